The van der Waals surface area contributed by atoms with Crippen molar-refractivity contribution in [3.05, 3.63) is 64.7 Å². The summed E-state index contributed by atoms with van der Waals surface area (Å²) >= 11 is 6.17. The summed E-state index contributed by atoms with van der Waals surface area (Å²) in [5.41, 5.74) is 2.61. The number of nitrogens with one attached hydrogen (secondary N) is 1. The smallest absolute Gasteiger partial charge is 0.122 e. The van der Waals surface area contributed by atoms with E-state index in [1.807, 2.05) is 18.2 Å². The van der Waals surface area contributed by atoms with Gasteiger partial charge < -0.3 is 10.1 Å². The predicted molar refractivity (Wildman–Crippen MR) is 107 cm³/mol. The van der Waals surface area contributed by atoms with E-state index in [1.54, 1.807) is 7.11 Å². The fourth-order valence-electron chi connectivity index (χ4n) is 4.70. The lowest BCUT2D eigenvalue weighted by molar-refractivity contribution is 0.0123. The molecule has 3 aliphatic rings. The third-order valence-corrected chi connectivity index (χ3v) is 6.21. The van der Waals surface area contributed by atoms with E-state index in [9.17, 15) is 0 Å². The van der Waals surface area contributed by atoms with Crippen LogP contribution in [-0.4, -0.2) is 37.7 Å². The molecular weight excluding hydrogens is 344 g/mol. The van der Waals surface area contributed by atoms with Crippen LogP contribution in [0, 0.1) is 5.92 Å². The molecule has 2 aromatic carbocycles. The number of benzene rings is 2. The van der Waals surface area contributed by atoms with Gasteiger partial charge in [-0.05, 0) is 74.1 Å². The van der Waals surface area contributed by atoms with Gasteiger partial charge in [-0.2, -0.15) is 0 Å². The molecule has 3 saturated heterocycles. The van der Waals surface area contributed by atoms with E-state index in [1.165, 1.54) is 37.1 Å². The fourth-order valence-corrected chi connectivity index (χ4v) is 4.90. The second-order valence-corrected chi connectivity index (χ2v) is 7.85. The molecule has 26 heavy (non-hydrogen) atoms. The summed E-state index contributed by atoms with van der Waals surface area (Å²) < 4.78 is 5.49. The quantitative estimate of drug-likeness (QED) is 0.819. The number of nitrogens with zero attached hydrogens (tertiary/aromatic N) is 1. The molecule has 3 aliphatic heterocycles. The second-order valence-electron chi connectivity index (χ2n) is 7.41. The van der Waals surface area contributed by atoms with E-state index in [0.717, 1.165) is 29.7 Å². The highest BCUT2D eigenvalue weighted by atomic mass is 35.5. The maximum Gasteiger partial charge on any atom is 0.122 e. The third kappa shape index (κ3) is 3.62. The standard InChI is InChI=1S/C22H27ClN2O/c1-26-20-8-7-19(23)15-18(20)9-12-24-21-16-10-13-25(14-11-16)22(21)17-5-3-2-4-6-17/h2-8,15-16,21-22,24H,9-14H2,1H3. The Kier molecular flexibility index (Phi) is 5.49. The molecule has 3 fully saturated rings. The summed E-state index contributed by atoms with van der Waals surface area (Å²) in [4.78, 5) is 2.66. The first-order valence-corrected chi connectivity index (χ1v) is 9.99. The molecule has 0 saturated carbocycles. The van der Waals surface area contributed by atoms with Crippen molar-refractivity contribution in [2.24, 2.45) is 5.92 Å². The lowest BCUT2D eigenvalue weighted by atomic mass is 9.76. The molecule has 2 unspecified atom stereocenters. The Labute approximate surface area is 161 Å². The Morgan fingerprint density at radius 1 is 1.12 bits per heavy atom. The van der Waals surface area contributed by atoms with Crippen molar-refractivity contribution in [1.29, 1.82) is 0 Å². The monoisotopic (exact) mass is 370 g/mol. The number of hydrogen-bond acceptors (Lipinski definition) is 3. The number of rotatable bonds is 6. The van der Waals surface area contributed by atoms with Crippen LogP contribution in [0.1, 0.15) is 30.0 Å². The molecule has 4 heteroatoms. The summed E-state index contributed by atoms with van der Waals surface area (Å²) in [6, 6.07) is 17.9. The Morgan fingerprint density at radius 2 is 1.88 bits per heavy atom. The Hall–Kier alpha value is -1.55. The number of halogens is 1. The Balaban J connectivity index is 1.47. The molecule has 138 valence electrons. The number of methoxy groups -OCH3 is 1. The first-order valence-electron chi connectivity index (χ1n) is 9.61. The van der Waals surface area contributed by atoms with Crippen molar-refractivity contribution in [2.45, 2.75) is 31.3 Å². The molecule has 5 rings (SSSR count). The number of ether oxygens (including phenoxy) is 1. The van der Waals surface area contributed by atoms with E-state index in [2.05, 4.69) is 40.5 Å². The van der Waals surface area contributed by atoms with Gasteiger partial charge in [-0.1, -0.05) is 41.9 Å². The highest BCUT2D eigenvalue weighted by Gasteiger charge is 2.42. The molecule has 0 spiro atoms. The first-order chi connectivity index (χ1) is 12.8. The average Bonchev–Trinajstić information content (AvgIpc) is 2.69. The number of piperidine rings is 3. The summed E-state index contributed by atoms with van der Waals surface area (Å²) in [6.07, 6.45) is 3.54. The zero-order valence-corrected chi connectivity index (χ0v) is 16.1. The van der Waals surface area contributed by atoms with Crippen LogP contribution in [0.15, 0.2) is 48.5 Å². The van der Waals surface area contributed by atoms with Gasteiger partial charge in [-0.3, -0.25) is 4.90 Å². The maximum atomic E-state index is 6.17. The zero-order chi connectivity index (χ0) is 17.9. The van der Waals surface area contributed by atoms with Crippen LogP contribution in [0.5, 0.6) is 5.75 Å². The van der Waals surface area contributed by atoms with Crippen molar-refractivity contribution in [3.8, 4) is 5.75 Å². The highest BCUT2D eigenvalue weighted by molar-refractivity contribution is 6.30. The Bertz CT molecular complexity index is 728. The van der Waals surface area contributed by atoms with E-state index in [0.29, 0.717) is 12.1 Å². The van der Waals surface area contributed by atoms with Gasteiger partial charge in [0.2, 0.25) is 0 Å². The van der Waals surface area contributed by atoms with Crippen LogP contribution in [0.4, 0.5) is 0 Å². The average molecular weight is 371 g/mol. The molecular formula is C22H27ClN2O. The molecule has 3 nitrogen and oxygen atoms in total. The van der Waals surface area contributed by atoms with Crippen molar-refractivity contribution >= 4 is 11.6 Å². The molecule has 3 heterocycles. The van der Waals surface area contributed by atoms with E-state index in [-0.39, 0.29) is 0 Å². The minimum atomic E-state index is 0.491. The number of hydrogen-bond donors (Lipinski definition) is 1. The minimum absolute atomic E-state index is 0.491. The van der Waals surface area contributed by atoms with Gasteiger partial charge in [0.05, 0.1) is 13.2 Å². The number of fused-ring (bicyclic) bond motifs is 3. The topological polar surface area (TPSA) is 24.5 Å². The van der Waals surface area contributed by atoms with Crippen molar-refractivity contribution < 1.29 is 4.74 Å². The van der Waals surface area contributed by atoms with Crippen molar-refractivity contribution in [1.82, 2.24) is 10.2 Å². The largest absolute Gasteiger partial charge is 0.496 e. The fraction of sp³-hybridized carbons (Fsp3) is 0.455. The van der Waals surface area contributed by atoms with Gasteiger partial charge in [0.15, 0.2) is 0 Å². The van der Waals surface area contributed by atoms with Crippen LogP contribution in [0.3, 0.4) is 0 Å². The van der Waals surface area contributed by atoms with Crippen LogP contribution < -0.4 is 10.1 Å². The minimum Gasteiger partial charge on any atom is -0.496 e. The van der Waals surface area contributed by atoms with Gasteiger partial charge in [0.1, 0.15) is 5.75 Å². The van der Waals surface area contributed by atoms with Gasteiger partial charge >= 0.3 is 0 Å². The van der Waals surface area contributed by atoms with Gasteiger partial charge in [-0.15, -0.1) is 0 Å². The molecule has 2 aromatic rings. The summed E-state index contributed by atoms with van der Waals surface area (Å²) in [7, 11) is 1.72. The lowest BCUT2D eigenvalue weighted by Crippen LogP contribution is -2.58. The molecule has 1 N–H and O–H groups in total. The summed E-state index contributed by atoms with van der Waals surface area (Å²) in [6.45, 7) is 3.39. The van der Waals surface area contributed by atoms with E-state index < -0.39 is 0 Å². The normalized spacial score (nSPS) is 27.5. The van der Waals surface area contributed by atoms with Gasteiger partial charge in [0.25, 0.3) is 0 Å². The molecule has 0 radical (unpaired) electrons. The molecule has 0 amide bonds. The Morgan fingerprint density at radius 3 is 2.62 bits per heavy atom. The maximum absolute atomic E-state index is 6.17. The lowest BCUT2D eigenvalue weighted by Gasteiger charge is -2.51. The molecule has 0 aliphatic carbocycles. The molecule has 2 bridgehead atoms. The van der Waals surface area contributed by atoms with Crippen molar-refractivity contribution in [2.75, 3.05) is 26.7 Å². The van der Waals surface area contributed by atoms with Crippen LogP contribution >= 0.6 is 11.6 Å². The van der Waals surface area contributed by atoms with Gasteiger partial charge in [-0.25, -0.2) is 0 Å². The SMILES string of the molecule is COc1ccc(Cl)cc1CCNC1C2CCN(CC2)C1c1ccccc1. The first kappa shape index (κ1) is 17.8. The molecule has 2 atom stereocenters. The van der Waals surface area contributed by atoms with Crippen LogP contribution in [0.25, 0.3) is 0 Å². The zero-order valence-electron chi connectivity index (χ0n) is 15.3. The van der Waals surface area contributed by atoms with Crippen LogP contribution in [0.2, 0.25) is 5.02 Å². The predicted octanol–water partition coefficient (Wildman–Crippen LogP) is 4.32. The molecule has 0 aromatic heterocycles. The second kappa shape index (κ2) is 7.99. The van der Waals surface area contributed by atoms with E-state index >= 15 is 0 Å². The summed E-state index contributed by atoms with van der Waals surface area (Å²) in [5.74, 6) is 1.69. The highest BCUT2D eigenvalue weighted by Crippen LogP contribution is 2.40. The van der Waals surface area contributed by atoms with Gasteiger partial charge in [0, 0.05) is 11.1 Å². The third-order valence-electron chi connectivity index (χ3n) is 5.97. The van der Waals surface area contributed by atoms with Crippen molar-refractivity contribution in [3.63, 3.8) is 0 Å². The van der Waals surface area contributed by atoms with E-state index in [4.69, 9.17) is 16.3 Å². The summed E-state index contributed by atoms with van der Waals surface area (Å²) in [5, 5.41) is 4.65. The van der Waals surface area contributed by atoms with Crippen LogP contribution in [-0.2, 0) is 6.42 Å².